The van der Waals surface area contributed by atoms with Crippen molar-refractivity contribution in [2.24, 2.45) is 4.99 Å². The molecule has 1 aliphatic rings. The quantitative estimate of drug-likeness (QED) is 0.276. The first-order valence-corrected chi connectivity index (χ1v) is 11.1. The first-order chi connectivity index (χ1) is 13.1. The number of amides is 1. The molecule has 0 saturated heterocycles. The van der Waals surface area contributed by atoms with Crippen molar-refractivity contribution in [3.8, 4) is 0 Å². The van der Waals surface area contributed by atoms with Gasteiger partial charge in [-0.2, -0.15) is 11.8 Å². The smallest absolute Gasteiger partial charge is 0.239 e. The Morgan fingerprint density at radius 1 is 1.21 bits per heavy atom. The minimum absolute atomic E-state index is 0. The predicted octanol–water partition coefficient (Wildman–Crippen LogP) is 3.81. The van der Waals surface area contributed by atoms with Crippen LogP contribution in [0.1, 0.15) is 50.2 Å². The van der Waals surface area contributed by atoms with Gasteiger partial charge in [-0.1, -0.05) is 25.3 Å². The van der Waals surface area contributed by atoms with E-state index in [1.165, 1.54) is 25.3 Å². The number of benzene rings is 1. The molecule has 1 aliphatic carbocycles. The van der Waals surface area contributed by atoms with E-state index in [-0.39, 0.29) is 42.2 Å². The average molecular weight is 522 g/mol. The highest BCUT2D eigenvalue weighted by Crippen LogP contribution is 2.18. The molecule has 0 unspecified atom stereocenters. The second-order valence-corrected chi connectivity index (χ2v) is 7.66. The standard InChI is InChI=1S/C20H31FN4OS.HI/c1-3-22-20(24-13-19(26)25-18-7-5-4-6-8-18)23-12-15-9-10-17(21)11-16(15)14-27-2;/h9-11,18H,3-8,12-14H2,1-2H3,(H,25,26)(H2,22,23,24);1H. The van der Waals surface area contributed by atoms with Crippen LogP contribution in [0, 0.1) is 5.82 Å². The van der Waals surface area contributed by atoms with Crippen LogP contribution >= 0.6 is 35.7 Å². The van der Waals surface area contributed by atoms with Gasteiger partial charge in [0, 0.05) is 18.3 Å². The summed E-state index contributed by atoms with van der Waals surface area (Å²) in [5.74, 6) is 1.11. The lowest BCUT2D eigenvalue weighted by Crippen LogP contribution is -2.46. The molecule has 8 heteroatoms. The third-order valence-electron chi connectivity index (χ3n) is 4.61. The average Bonchev–Trinajstić information content (AvgIpc) is 2.66. The highest BCUT2D eigenvalue weighted by Gasteiger charge is 2.15. The van der Waals surface area contributed by atoms with Gasteiger partial charge in [0.1, 0.15) is 5.82 Å². The van der Waals surface area contributed by atoms with Crippen LogP contribution in [0.2, 0.25) is 0 Å². The lowest BCUT2D eigenvalue weighted by molar-refractivity contribution is -0.120. The molecular weight excluding hydrogens is 490 g/mol. The van der Waals surface area contributed by atoms with E-state index in [2.05, 4.69) is 20.9 Å². The molecule has 1 fully saturated rings. The molecule has 1 amide bonds. The van der Waals surface area contributed by atoms with Crippen molar-refractivity contribution >= 4 is 47.6 Å². The number of hydrogen-bond donors (Lipinski definition) is 3. The highest BCUT2D eigenvalue weighted by atomic mass is 127. The van der Waals surface area contributed by atoms with E-state index < -0.39 is 0 Å². The van der Waals surface area contributed by atoms with Crippen molar-refractivity contribution < 1.29 is 9.18 Å². The summed E-state index contributed by atoms with van der Waals surface area (Å²) in [6.07, 6.45) is 7.79. The van der Waals surface area contributed by atoms with Crippen LogP contribution in [-0.2, 0) is 17.1 Å². The maximum Gasteiger partial charge on any atom is 0.239 e. The predicted molar refractivity (Wildman–Crippen MR) is 127 cm³/mol. The molecule has 0 aliphatic heterocycles. The minimum Gasteiger partial charge on any atom is -0.357 e. The summed E-state index contributed by atoms with van der Waals surface area (Å²) < 4.78 is 13.5. The van der Waals surface area contributed by atoms with Crippen molar-refractivity contribution in [2.75, 3.05) is 19.3 Å². The normalized spacial score (nSPS) is 14.9. The Hall–Kier alpha value is -1.03. The Morgan fingerprint density at radius 2 is 1.96 bits per heavy atom. The number of guanidine groups is 1. The van der Waals surface area contributed by atoms with Gasteiger partial charge < -0.3 is 16.0 Å². The van der Waals surface area contributed by atoms with Gasteiger partial charge in [-0.3, -0.25) is 4.79 Å². The van der Waals surface area contributed by atoms with Crippen LogP contribution in [0.3, 0.4) is 0 Å². The van der Waals surface area contributed by atoms with Gasteiger partial charge in [0.25, 0.3) is 0 Å². The maximum absolute atomic E-state index is 13.5. The molecule has 1 aromatic carbocycles. The number of halogens is 2. The van der Waals surface area contributed by atoms with Crippen LogP contribution in [-0.4, -0.2) is 37.3 Å². The molecule has 0 spiro atoms. The Labute approximate surface area is 189 Å². The lowest BCUT2D eigenvalue weighted by Gasteiger charge is -2.23. The summed E-state index contributed by atoms with van der Waals surface area (Å²) in [5.41, 5.74) is 1.95. The fraction of sp³-hybridized carbons (Fsp3) is 0.600. The van der Waals surface area contributed by atoms with Gasteiger partial charge in [-0.15, -0.1) is 24.0 Å². The molecule has 0 radical (unpaired) electrons. The van der Waals surface area contributed by atoms with Crippen LogP contribution in [0.25, 0.3) is 0 Å². The first kappa shape index (κ1) is 25.0. The lowest BCUT2D eigenvalue weighted by atomic mass is 9.95. The number of rotatable bonds is 8. The highest BCUT2D eigenvalue weighted by molar-refractivity contribution is 14.0. The van der Waals surface area contributed by atoms with Crippen molar-refractivity contribution in [1.82, 2.24) is 16.0 Å². The Balaban J connectivity index is 0.00000392. The molecule has 5 nitrogen and oxygen atoms in total. The molecule has 2 rings (SSSR count). The Morgan fingerprint density at radius 3 is 2.64 bits per heavy atom. The molecule has 0 atom stereocenters. The number of carbonyl (C=O) groups is 1. The molecule has 158 valence electrons. The molecule has 28 heavy (non-hydrogen) atoms. The molecule has 0 heterocycles. The fourth-order valence-electron chi connectivity index (χ4n) is 3.23. The molecule has 3 N–H and O–H groups in total. The van der Waals surface area contributed by atoms with Gasteiger partial charge in [0.15, 0.2) is 5.96 Å². The maximum atomic E-state index is 13.5. The Bertz CT molecular complexity index is 639. The molecule has 1 aromatic rings. The third kappa shape index (κ3) is 8.98. The zero-order chi connectivity index (χ0) is 19.5. The zero-order valence-electron chi connectivity index (χ0n) is 16.7. The number of aliphatic imine (C=N–C) groups is 1. The van der Waals surface area contributed by atoms with E-state index in [1.807, 2.05) is 13.2 Å². The molecule has 0 bridgehead atoms. The summed E-state index contributed by atoms with van der Waals surface area (Å²) >= 11 is 1.65. The van der Waals surface area contributed by atoms with E-state index in [4.69, 9.17) is 0 Å². The number of nitrogens with zero attached hydrogens (tertiary/aromatic N) is 1. The number of carbonyl (C=O) groups excluding carboxylic acids is 1. The van der Waals surface area contributed by atoms with E-state index in [9.17, 15) is 9.18 Å². The van der Waals surface area contributed by atoms with Gasteiger partial charge in [0.2, 0.25) is 5.91 Å². The molecule has 0 aromatic heterocycles. The minimum atomic E-state index is -0.226. The van der Waals surface area contributed by atoms with Crippen molar-refractivity contribution in [2.45, 2.75) is 57.4 Å². The third-order valence-corrected chi connectivity index (χ3v) is 5.21. The second kappa shape index (κ2) is 14.0. The summed E-state index contributed by atoms with van der Waals surface area (Å²) in [4.78, 5) is 16.7. The van der Waals surface area contributed by atoms with Gasteiger partial charge >= 0.3 is 0 Å². The topological polar surface area (TPSA) is 65.5 Å². The van der Waals surface area contributed by atoms with Crippen LogP contribution < -0.4 is 16.0 Å². The van der Waals surface area contributed by atoms with Crippen molar-refractivity contribution in [1.29, 1.82) is 0 Å². The van der Waals surface area contributed by atoms with Crippen LogP contribution in [0.4, 0.5) is 4.39 Å². The summed E-state index contributed by atoms with van der Waals surface area (Å²) in [6.45, 7) is 3.33. The van der Waals surface area contributed by atoms with E-state index in [1.54, 1.807) is 23.9 Å². The fourth-order valence-corrected chi connectivity index (χ4v) is 3.81. The van der Waals surface area contributed by atoms with Crippen LogP contribution in [0.15, 0.2) is 23.2 Å². The van der Waals surface area contributed by atoms with Gasteiger partial charge in [-0.25, -0.2) is 9.38 Å². The number of nitrogens with one attached hydrogen (secondary N) is 3. The van der Waals surface area contributed by atoms with Crippen molar-refractivity contribution in [3.63, 3.8) is 0 Å². The summed E-state index contributed by atoms with van der Waals surface area (Å²) in [6, 6.07) is 5.12. The van der Waals surface area contributed by atoms with Crippen LogP contribution in [0.5, 0.6) is 0 Å². The van der Waals surface area contributed by atoms with E-state index >= 15 is 0 Å². The number of thioether (sulfide) groups is 1. The largest absolute Gasteiger partial charge is 0.357 e. The zero-order valence-corrected chi connectivity index (χ0v) is 19.9. The SMILES string of the molecule is CCNC(=NCc1ccc(F)cc1CSC)NCC(=O)NC1CCCCC1.I. The monoisotopic (exact) mass is 522 g/mol. The van der Waals surface area contributed by atoms with E-state index in [0.29, 0.717) is 25.1 Å². The first-order valence-electron chi connectivity index (χ1n) is 9.70. The van der Waals surface area contributed by atoms with Crippen molar-refractivity contribution in [3.05, 3.63) is 35.1 Å². The molecular formula is C20H32FIN4OS. The van der Waals surface area contributed by atoms with Gasteiger partial charge in [-0.05, 0) is 49.3 Å². The van der Waals surface area contributed by atoms with E-state index in [0.717, 1.165) is 29.7 Å². The second-order valence-electron chi connectivity index (χ2n) is 6.80. The summed E-state index contributed by atoms with van der Waals surface area (Å²) in [5, 5.41) is 9.34. The Kier molecular flexibility index (Phi) is 12.5. The number of hydrogen-bond acceptors (Lipinski definition) is 3. The van der Waals surface area contributed by atoms with Gasteiger partial charge in [0.05, 0.1) is 13.1 Å². The molecule has 1 saturated carbocycles. The summed E-state index contributed by atoms with van der Waals surface area (Å²) in [7, 11) is 0.